The van der Waals surface area contributed by atoms with Gasteiger partial charge >= 0.3 is 29.8 Å². The molecule has 5 atom stereocenters. The molecule has 0 spiro atoms. The number of aliphatic hydroxyl groups is 1. The number of benzene rings is 5. The van der Waals surface area contributed by atoms with Gasteiger partial charge in [0.15, 0.2) is 81.6 Å². The van der Waals surface area contributed by atoms with Crippen LogP contribution in [0.5, 0.6) is 86.2 Å². The molecule has 68 heavy (non-hydrogen) atoms. The van der Waals surface area contributed by atoms with Gasteiger partial charge in [0.2, 0.25) is 29.3 Å². The fraction of sp³-hybridized carbons (Fsp3) is 0.146. The first kappa shape index (κ1) is 46.4. The van der Waals surface area contributed by atoms with Gasteiger partial charge in [-0.1, -0.05) is 0 Å². The van der Waals surface area contributed by atoms with Crippen LogP contribution >= 0.6 is 0 Å². The van der Waals surface area contributed by atoms with Gasteiger partial charge in [0.25, 0.3) is 0 Å². The van der Waals surface area contributed by atoms with Crippen LogP contribution < -0.4 is 0 Å². The Morgan fingerprint density at radius 1 is 0.500 bits per heavy atom. The van der Waals surface area contributed by atoms with Gasteiger partial charge in [0.1, 0.15) is 12.7 Å². The monoisotopic (exact) mass is 954 g/mol. The highest BCUT2D eigenvalue weighted by molar-refractivity contribution is 6.09. The lowest BCUT2D eigenvalue weighted by atomic mass is 9.91. The molecule has 27 heteroatoms. The van der Waals surface area contributed by atoms with Gasteiger partial charge in [0.05, 0.1) is 27.8 Å². The number of aliphatic hydroxyl groups excluding tert-OH is 1. The number of esters is 4. The molecule has 0 aliphatic carbocycles. The molecule has 2 aliphatic rings. The number of phenols is 15. The molecular formula is C41H30O27. The maximum Gasteiger partial charge on any atom is 0.340 e. The zero-order valence-corrected chi connectivity index (χ0v) is 33.2. The van der Waals surface area contributed by atoms with Gasteiger partial charge in [-0.15, -0.1) is 0 Å². The zero-order valence-electron chi connectivity index (χ0n) is 33.2. The minimum absolute atomic E-state index is 0.294. The topological polar surface area (TPSA) is 475 Å². The Morgan fingerprint density at radius 3 is 1.43 bits per heavy atom. The predicted molar refractivity (Wildman–Crippen MR) is 211 cm³/mol. The fourth-order valence-electron chi connectivity index (χ4n) is 7.15. The van der Waals surface area contributed by atoms with Crippen molar-refractivity contribution in [1.29, 1.82) is 0 Å². The van der Waals surface area contributed by atoms with Crippen molar-refractivity contribution in [3.05, 3.63) is 64.2 Å². The second-order valence-corrected chi connectivity index (χ2v) is 14.5. The summed E-state index contributed by atoms with van der Waals surface area (Å²) < 4.78 is 27.2. The quantitative estimate of drug-likeness (QED) is 0.0645. The number of carbonyl (C=O) groups excluding carboxylic acids is 4. The van der Waals surface area contributed by atoms with E-state index in [4.69, 9.17) is 23.7 Å². The van der Waals surface area contributed by atoms with E-state index in [1.54, 1.807) is 0 Å². The Hall–Kier alpha value is -9.63. The average molecular weight is 955 g/mol. The summed E-state index contributed by atoms with van der Waals surface area (Å²) >= 11 is 0. The van der Waals surface area contributed by atoms with Crippen molar-refractivity contribution in [1.82, 2.24) is 0 Å². The van der Waals surface area contributed by atoms with Gasteiger partial charge in [-0.25, -0.2) is 24.0 Å². The number of fused-ring (bicyclic) bond motifs is 5. The number of aromatic hydroxyl groups is 15. The van der Waals surface area contributed by atoms with Gasteiger partial charge in [-0.2, -0.15) is 0 Å². The number of phenolic OH excluding ortho intramolecular Hbond substituents is 15. The molecular weight excluding hydrogens is 924 g/mol. The second-order valence-electron chi connectivity index (χ2n) is 14.5. The molecule has 5 aromatic carbocycles. The van der Waals surface area contributed by atoms with E-state index in [-0.39, 0.29) is 0 Å². The number of hydrogen-bond acceptors (Lipinski definition) is 26. The van der Waals surface area contributed by atoms with E-state index in [9.17, 15) is 111 Å². The number of carboxylic acids is 1. The normalized spacial score (nSPS) is 18.9. The Kier molecular flexibility index (Phi) is 11.4. The van der Waals surface area contributed by atoms with Crippen molar-refractivity contribution in [2.45, 2.75) is 30.7 Å². The van der Waals surface area contributed by atoms with Crippen LogP contribution in [0.4, 0.5) is 0 Å². The van der Waals surface area contributed by atoms with Crippen molar-refractivity contribution in [3.63, 3.8) is 0 Å². The lowest BCUT2D eigenvalue weighted by molar-refractivity contribution is -0.283. The number of aromatic carboxylic acids is 1. The van der Waals surface area contributed by atoms with Gasteiger partial charge < -0.3 is 110 Å². The van der Waals surface area contributed by atoms with E-state index in [2.05, 4.69) is 0 Å². The minimum atomic E-state index is -2.67. The largest absolute Gasteiger partial charge is 0.504 e. The van der Waals surface area contributed by atoms with Crippen LogP contribution in [0.25, 0.3) is 22.3 Å². The second kappa shape index (κ2) is 16.7. The molecule has 5 unspecified atom stereocenters. The molecule has 0 aromatic heterocycles. The Morgan fingerprint density at radius 2 is 0.926 bits per heavy atom. The van der Waals surface area contributed by atoms with Crippen molar-refractivity contribution >= 4 is 29.8 Å². The molecule has 17 N–H and O–H groups in total. The third-order valence-electron chi connectivity index (χ3n) is 10.4. The summed E-state index contributed by atoms with van der Waals surface area (Å²) in [5.41, 5.74) is -10.1. The minimum Gasteiger partial charge on any atom is -0.504 e. The van der Waals surface area contributed by atoms with Crippen LogP contribution in [0.3, 0.4) is 0 Å². The number of carboxylic acid groups (broad SMARTS) is 1. The molecule has 5 aromatic rings. The van der Waals surface area contributed by atoms with Crippen molar-refractivity contribution in [2.75, 3.05) is 6.61 Å². The van der Waals surface area contributed by atoms with E-state index in [0.717, 1.165) is 0 Å². The number of carbonyl (C=O) groups is 5. The summed E-state index contributed by atoms with van der Waals surface area (Å²) in [7, 11) is 0. The number of rotatable bonds is 6. The van der Waals surface area contributed by atoms with Crippen molar-refractivity contribution < 1.29 is 134 Å². The highest BCUT2D eigenvalue weighted by Gasteiger charge is 2.53. The molecule has 27 nitrogen and oxygen atoms in total. The summed E-state index contributed by atoms with van der Waals surface area (Å²) in [6.45, 7) is -1.34. The van der Waals surface area contributed by atoms with E-state index in [0.29, 0.717) is 36.4 Å². The standard InChI is InChI=1S/C41H30O27/c42-13-1-8(2-14(43)24(13)48)37(60)68-41-33(57)35-34(66-39(62)11-5-17(46)27(51)31(55)22(11)20-9(36(58)59)3-15(44)25(49)29(20)53)19(65-41)7-64-38(61)10-4-16(45)26(50)30(54)21(10)23-12(40(63)67-35)6-18(47)28(52)32(23)56/h1-6,19,33-35,41-57H,7H2,(H,58,59). The van der Waals surface area contributed by atoms with Crippen LogP contribution in [0, 0.1) is 0 Å². The third-order valence-corrected chi connectivity index (χ3v) is 10.4. The zero-order chi connectivity index (χ0) is 50.1. The van der Waals surface area contributed by atoms with Gasteiger partial charge in [-0.05, 0) is 36.4 Å². The summed E-state index contributed by atoms with van der Waals surface area (Å²) in [5, 5.41) is 178. The number of cyclic esters (lactones) is 1. The summed E-state index contributed by atoms with van der Waals surface area (Å²) in [5.74, 6) is -29.4. The average Bonchev–Trinajstić information content (AvgIpc) is 3.28. The molecule has 356 valence electrons. The smallest absolute Gasteiger partial charge is 0.340 e. The van der Waals surface area contributed by atoms with Gasteiger partial charge in [-0.3, -0.25) is 0 Å². The summed E-state index contributed by atoms with van der Waals surface area (Å²) in [6, 6.07) is 2.51. The first-order valence-electron chi connectivity index (χ1n) is 18.6. The maximum atomic E-state index is 14.4. The molecule has 0 saturated carbocycles. The molecule has 2 heterocycles. The van der Waals surface area contributed by atoms with Crippen LogP contribution in [0.1, 0.15) is 51.8 Å². The highest BCUT2D eigenvalue weighted by atomic mass is 16.7. The Bertz CT molecular complexity index is 3010. The van der Waals surface area contributed by atoms with E-state index < -0.39 is 203 Å². The van der Waals surface area contributed by atoms with Crippen LogP contribution in [-0.2, 0) is 23.7 Å². The SMILES string of the molecule is O=C(OC1OC2COC(=O)c3cc(O)c(O)c(O)c3-c3c(cc(O)c(O)c3O)C(=O)OC(C1O)C2OC(=O)c1cc(O)c(O)c(O)c1-c1c(C(=O)O)cc(O)c(O)c1O)c1cc(O)c(O)c(O)c1. The highest BCUT2D eigenvalue weighted by Crippen LogP contribution is 2.55. The number of ether oxygens (including phenoxy) is 5. The van der Waals surface area contributed by atoms with E-state index in [1.807, 2.05) is 0 Å². The molecule has 2 bridgehead atoms. The lowest BCUT2D eigenvalue weighted by Gasteiger charge is -2.42. The van der Waals surface area contributed by atoms with Crippen LogP contribution in [-0.4, -0.2) is 154 Å². The van der Waals surface area contributed by atoms with E-state index in [1.165, 1.54) is 0 Å². The first-order chi connectivity index (χ1) is 31.8. The van der Waals surface area contributed by atoms with Gasteiger partial charge in [0, 0.05) is 22.3 Å². The Labute approximate surface area is 374 Å². The lowest BCUT2D eigenvalue weighted by Crippen LogP contribution is -2.62. The van der Waals surface area contributed by atoms with Crippen molar-refractivity contribution in [3.8, 4) is 108 Å². The first-order valence-corrected chi connectivity index (χ1v) is 18.6. The maximum absolute atomic E-state index is 14.4. The predicted octanol–water partition coefficient (Wildman–Crippen LogP) is 1.17. The molecule has 0 radical (unpaired) electrons. The van der Waals surface area contributed by atoms with Crippen LogP contribution in [0.2, 0.25) is 0 Å². The summed E-state index contributed by atoms with van der Waals surface area (Å²) in [6.07, 6.45) is -12.5. The third kappa shape index (κ3) is 7.54. The Balaban J connectivity index is 1.43. The summed E-state index contributed by atoms with van der Waals surface area (Å²) in [4.78, 5) is 68.2. The molecule has 2 aliphatic heterocycles. The van der Waals surface area contributed by atoms with Crippen LogP contribution in [0.15, 0.2) is 36.4 Å². The fourth-order valence-corrected chi connectivity index (χ4v) is 7.15. The molecule has 7 rings (SSSR count). The number of hydrogen-bond donors (Lipinski definition) is 17. The molecule has 1 saturated heterocycles. The molecule has 0 amide bonds. The van der Waals surface area contributed by atoms with E-state index >= 15 is 0 Å². The van der Waals surface area contributed by atoms with Crippen molar-refractivity contribution in [2.24, 2.45) is 0 Å². The molecule has 1 fully saturated rings.